The Kier molecular flexibility index (Phi) is 2.21. The van der Waals surface area contributed by atoms with E-state index in [1.54, 1.807) is 6.08 Å². The van der Waals surface area contributed by atoms with Crippen LogP contribution >= 0.6 is 0 Å². The highest BCUT2D eigenvalue weighted by Crippen LogP contribution is 2.61. The Hall–Kier alpha value is -0.300. The molecule has 0 aromatic heterocycles. The third-order valence-electron chi connectivity index (χ3n) is 5.08. The smallest absolute Gasteiger partial charge is 0.0723 e. The lowest BCUT2D eigenvalue weighted by Crippen LogP contribution is -2.47. The second-order valence-electron chi connectivity index (χ2n) is 6.42. The van der Waals surface area contributed by atoms with Gasteiger partial charge in [-0.15, -0.1) is 6.58 Å². The molecular formula is C14H22O. The molecule has 0 radical (unpaired) electrons. The molecule has 4 bridgehead atoms. The molecule has 1 unspecified atom stereocenters. The molecule has 0 spiro atoms. The van der Waals surface area contributed by atoms with Gasteiger partial charge in [-0.25, -0.2) is 0 Å². The van der Waals surface area contributed by atoms with E-state index in [0.717, 1.165) is 24.2 Å². The molecule has 0 aliphatic heterocycles. The third kappa shape index (κ3) is 1.65. The van der Waals surface area contributed by atoms with Crippen molar-refractivity contribution in [1.29, 1.82) is 0 Å². The highest BCUT2D eigenvalue weighted by atomic mass is 16.3. The number of rotatable bonds is 3. The highest BCUT2D eigenvalue weighted by Gasteiger charge is 2.50. The SMILES string of the molecule is C=CC(O)CC12CC3CC(CC(C3)C1)C2. The molecule has 1 atom stereocenters. The predicted octanol–water partition coefficient (Wildman–Crippen LogP) is 3.14. The van der Waals surface area contributed by atoms with Crippen LogP contribution in [0.3, 0.4) is 0 Å². The molecule has 0 saturated heterocycles. The molecule has 4 fully saturated rings. The fourth-order valence-corrected chi connectivity index (χ4v) is 5.07. The zero-order valence-electron chi connectivity index (χ0n) is 9.49. The summed E-state index contributed by atoms with van der Waals surface area (Å²) >= 11 is 0. The first-order valence-corrected chi connectivity index (χ1v) is 6.50. The van der Waals surface area contributed by atoms with Crippen LogP contribution in [0, 0.1) is 23.2 Å². The van der Waals surface area contributed by atoms with Crippen LogP contribution in [0.2, 0.25) is 0 Å². The van der Waals surface area contributed by atoms with E-state index in [4.69, 9.17) is 0 Å². The molecule has 84 valence electrons. The Labute approximate surface area is 92.6 Å². The summed E-state index contributed by atoms with van der Waals surface area (Å²) in [4.78, 5) is 0. The molecule has 0 heterocycles. The van der Waals surface area contributed by atoms with Gasteiger partial charge in [0, 0.05) is 0 Å². The molecular weight excluding hydrogens is 184 g/mol. The van der Waals surface area contributed by atoms with E-state index in [9.17, 15) is 5.11 Å². The van der Waals surface area contributed by atoms with Crippen LogP contribution in [-0.2, 0) is 0 Å². The van der Waals surface area contributed by atoms with Crippen LogP contribution in [0.5, 0.6) is 0 Å². The van der Waals surface area contributed by atoms with Crippen LogP contribution < -0.4 is 0 Å². The van der Waals surface area contributed by atoms with E-state index < -0.39 is 0 Å². The van der Waals surface area contributed by atoms with Gasteiger partial charge >= 0.3 is 0 Å². The van der Waals surface area contributed by atoms with Crippen molar-refractivity contribution in [2.24, 2.45) is 23.2 Å². The molecule has 4 rings (SSSR count). The van der Waals surface area contributed by atoms with Gasteiger partial charge in [-0.1, -0.05) is 6.08 Å². The first kappa shape index (κ1) is 9.89. The molecule has 0 aromatic carbocycles. The number of aliphatic hydroxyl groups is 1. The average Bonchev–Trinajstić information content (AvgIpc) is 2.14. The molecule has 15 heavy (non-hydrogen) atoms. The maximum Gasteiger partial charge on any atom is 0.0723 e. The van der Waals surface area contributed by atoms with Gasteiger partial charge in [0.1, 0.15) is 0 Å². The van der Waals surface area contributed by atoms with Crippen LogP contribution in [-0.4, -0.2) is 11.2 Å². The fraction of sp³-hybridized carbons (Fsp3) is 0.857. The molecule has 0 aromatic rings. The summed E-state index contributed by atoms with van der Waals surface area (Å²) in [5.74, 6) is 2.98. The minimum atomic E-state index is -0.263. The standard InChI is InChI=1S/C14H22O/c1-2-13(15)9-14-6-10-3-11(7-14)5-12(4-10)8-14/h2,10-13,15H,1,3-9H2. The molecule has 4 saturated carbocycles. The van der Waals surface area contributed by atoms with Gasteiger partial charge in [-0.05, 0) is 68.1 Å². The largest absolute Gasteiger partial charge is 0.389 e. The average molecular weight is 206 g/mol. The third-order valence-corrected chi connectivity index (χ3v) is 5.08. The van der Waals surface area contributed by atoms with Crippen molar-refractivity contribution in [3.63, 3.8) is 0 Å². The highest BCUT2D eigenvalue weighted by molar-refractivity contribution is 5.03. The van der Waals surface area contributed by atoms with E-state index >= 15 is 0 Å². The zero-order valence-corrected chi connectivity index (χ0v) is 9.49. The predicted molar refractivity (Wildman–Crippen MR) is 61.4 cm³/mol. The number of hydrogen-bond acceptors (Lipinski definition) is 1. The molecule has 0 amide bonds. The van der Waals surface area contributed by atoms with E-state index in [2.05, 4.69) is 6.58 Å². The second kappa shape index (κ2) is 3.35. The molecule has 4 aliphatic carbocycles. The number of hydrogen-bond donors (Lipinski definition) is 1. The van der Waals surface area contributed by atoms with Gasteiger partial charge in [-0.2, -0.15) is 0 Å². The summed E-state index contributed by atoms with van der Waals surface area (Å²) in [5, 5.41) is 9.80. The van der Waals surface area contributed by atoms with Crippen LogP contribution in [0.1, 0.15) is 44.9 Å². The molecule has 1 nitrogen and oxygen atoms in total. The van der Waals surface area contributed by atoms with E-state index in [-0.39, 0.29) is 6.10 Å². The monoisotopic (exact) mass is 206 g/mol. The second-order valence-corrected chi connectivity index (χ2v) is 6.42. The van der Waals surface area contributed by atoms with Crippen molar-refractivity contribution in [1.82, 2.24) is 0 Å². The van der Waals surface area contributed by atoms with E-state index in [1.165, 1.54) is 38.5 Å². The van der Waals surface area contributed by atoms with Gasteiger partial charge in [0.05, 0.1) is 6.10 Å². The summed E-state index contributed by atoms with van der Waals surface area (Å²) in [6, 6.07) is 0. The van der Waals surface area contributed by atoms with Crippen LogP contribution in [0.25, 0.3) is 0 Å². The Balaban J connectivity index is 1.78. The maximum absolute atomic E-state index is 9.80. The van der Waals surface area contributed by atoms with E-state index in [0.29, 0.717) is 5.41 Å². The Morgan fingerprint density at radius 3 is 2.00 bits per heavy atom. The minimum absolute atomic E-state index is 0.263. The Morgan fingerprint density at radius 2 is 1.60 bits per heavy atom. The van der Waals surface area contributed by atoms with Crippen LogP contribution in [0.15, 0.2) is 12.7 Å². The van der Waals surface area contributed by atoms with Gasteiger partial charge in [0.15, 0.2) is 0 Å². The maximum atomic E-state index is 9.80. The number of aliphatic hydroxyl groups excluding tert-OH is 1. The van der Waals surface area contributed by atoms with Crippen molar-refractivity contribution < 1.29 is 5.11 Å². The minimum Gasteiger partial charge on any atom is -0.389 e. The lowest BCUT2D eigenvalue weighted by atomic mass is 9.48. The Bertz CT molecular complexity index is 233. The van der Waals surface area contributed by atoms with Gasteiger partial charge in [-0.3, -0.25) is 0 Å². The summed E-state index contributed by atoms with van der Waals surface area (Å²) in [5.41, 5.74) is 0.502. The van der Waals surface area contributed by atoms with Crippen molar-refractivity contribution in [2.45, 2.75) is 51.0 Å². The van der Waals surface area contributed by atoms with Crippen molar-refractivity contribution in [2.75, 3.05) is 0 Å². The fourth-order valence-electron chi connectivity index (χ4n) is 5.07. The quantitative estimate of drug-likeness (QED) is 0.703. The van der Waals surface area contributed by atoms with Crippen molar-refractivity contribution in [3.8, 4) is 0 Å². The van der Waals surface area contributed by atoms with Gasteiger partial charge in [0.2, 0.25) is 0 Å². The molecule has 1 N–H and O–H groups in total. The topological polar surface area (TPSA) is 20.2 Å². The first-order chi connectivity index (χ1) is 7.19. The summed E-state index contributed by atoms with van der Waals surface area (Å²) in [6.07, 6.45) is 11.1. The van der Waals surface area contributed by atoms with Crippen molar-refractivity contribution in [3.05, 3.63) is 12.7 Å². The van der Waals surface area contributed by atoms with Gasteiger partial charge < -0.3 is 5.11 Å². The zero-order chi connectivity index (χ0) is 10.5. The lowest BCUT2D eigenvalue weighted by molar-refractivity contribution is -0.0705. The molecule has 4 aliphatic rings. The summed E-state index contributed by atoms with van der Waals surface area (Å²) in [6.45, 7) is 3.71. The molecule has 1 heteroatoms. The summed E-state index contributed by atoms with van der Waals surface area (Å²) < 4.78 is 0. The Morgan fingerprint density at radius 1 is 1.13 bits per heavy atom. The van der Waals surface area contributed by atoms with Crippen LogP contribution in [0.4, 0.5) is 0 Å². The first-order valence-electron chi connectivity index (χ1n) is 6.50. The van der Waals surface area contributed by atoms with Gasteiger partial charge in [0.25, 0.3) is 0 Å². The van der Waals surface area contributed by atoms with Crippen molar-refractivity contribution >= 4 is 0 Å². The lowest BCUT2D eigenvalue weighted by Gasteiger charge is -2.57. The van der Waals surface area contributed by atoms with E-state index in [1.807, 2.05) is 0 Å². The normalized spacial score (nSPS) is 49.3. The summed E-state index contributed by atoms with van der Waals surface area (Å²) in [7, 11) is 0.